The Bertz CT molecular complexity index is 720. The maximum absolute atomic E-state index is 12.6. The van der Waals surface area contributed by atoms with Crippen molar-refractivity contribution in [2.45, 2.75) is 25.8 Å². The van der Waals surface area contributed by atoms with Gasteiger partial charge in [0.05, 0.1) is 13.1 Å². The summed E-state index contributed by atoms with van der Waals surface area (Å²) in [5, 5.41) is 9.77. The highest BCUT2D eigenvalue weighted by Crippen LogP contribution is 2.14. The van der Waals surface area contributed by atoms with Crippen LogP contribution in [0, 0.1) is 5.41 Å². The fourth-order valence-corrected chi connectivity index (χ4v) is 2.87. The van der Waals surface area contributed by atoms with E-state index in [1.54, 1.807) is 35.2 Å². The Balaban J connectivity index is 1.99. The lowest BCUT2D eigenvalue weighted by atomic mass is 10.0. The van der Waals surface area contributed by atoms with Crippen molar-refractivity contribution >= 4 is 29.7 Å². The summed E-state index contributed by atoms with van der Waals surface area (Å²) < 4.78 is 0. The average molecular weight is 372 g/mol. The number of rotatable bonds is 9. The summed E-state index contributed by atoms with van der Waals surface area (Å²) in [5.74, 6) is -1.64. The third-order valence-corrected chi connectivity index (χ3v) is 4.41. The number of ketones is 1. The number of benzene rings is 1. The van der Waals surface area contributed by atoms with E-state index in [1.165, 1.54) is 6.21 Å². The minimum absolute atomic E-state index is 0.0621. The van der Waals surface area contributed by atoms with Crippen molar-refractivity contribution in [3.63, 3.8) is 0 Å². The van der Waals surface area contributed by atoms with Gasteiger partial charge in [0.1, 0.15) is 6.04 Å². The maximum atomic E-state index is 12.6. The molecule has 2 rings (SSSR count). The first-order chi connectivity index (χ1) is 13.0. The maximum Gasteiger partial charge on any atom is 0.252 e. The first-order valence-corrected chi connectivity index (χ1v) is 8.89. The second-order valence-corrected chi connectivity index (χ2v) is 6.30. The molecule has 8 heteroatoms. The number of amides is 3. The third-order valence-electron chi connectivity index (χ3n) is 4.41. The Morgan fingerprint density at radius 1 is 1.30 bits per heavy atom. The van der Waals surface area contributed by atoms with Crippen LogP contribution < -0.4 is 5.32 Å². The molecule has 144 valence electrons. The van der Waals surface area contributed by atoms with Gasteiger partial charge in [0.15, 0.2) is 5.78 Å². The molecule has 1 aromatic carbocycles. The van der Waals surface area contributed by atoms with Gasteiger partial charge in [-0.05, 0) is 13.0 Å². The van der Waals surface area contributed by atoms with Crippen LogP contribution >= 0.6 is 0 Å². The van der Waals surface area contributed by atoms with Gasteiger partial charge in [-0.15, -0.1) is 0 Å². The van der Waals surface area contributed by atoms with Crippen LogP contribution in [-0.2, 0) is 14.4 Å². The van der Waals surface area contributed by atoms with Crippen LogP contribution in [0.1, 0.15) is 30.1 Å². The molecule has 0 aromatic heterocycles. The molecule has 1 atom stereocenters. The molecule has 1 aromatic rings. The highest BCUT2D eigenvalue weighted by atomic mass is 16.2. The van der Waals surface area contributed by atoms with E-state index in [1.807, 2.05) is 6.92 Å². The van der Waals surface area contributed by atoms with Gasteiger partial charge in [0.25, 0.3) is 5.91 Å². The molecule has 1 heterocycles. The highest BCUT2D eigenvalue weighted by molar-refractivity contribution is 6.07. The van der Waals surface area contributed by atoms with Gasteiger partial charge in [0.2, 0.25) is 11.8 Å². The molecule has 3 amide bonds. The number of piperidine rings is 1. The first-order valence-electron chi connectivity index (χ1n) is 8.89. The lowest BCUT2D eigenvalue weighted by molar-refractivity contribution is -0.150. The summed E-state index contributed by atoms with van der Waals surface area (Å²) in [6.07, 6.45) is 1.52. The van der Waals surface area contributed by atoms with E-state index < -0.39 is 17.9 Å². The molecule has 1 aliphatic heterocycles. The molecule has 2 N–H and O–H groups in total. The Morgan fingerprint density at radius 3 is 2.63 bits per heavy atom. The molecule has 0 aliphatic carbocycles. The van der Waals surface area contributed by atoms with E-state index in [9.17, 15) is 19.2 Å². The number of nitrogens with one attached hydrogen (secondary N) is 2. The molecular weight excluding hydrogens is 348 g/mol. The van der Waals surface area contributed by atoms with Crippen molar-refractivity contribution in [1.29, 1.82) is 5.41 Å². The van der Waals surface area contributed by atoms with Crippen molar-refractivity contribution in [3.05, 3.63) is 35.9 Å². The largest absolute Gasteiger partial charge is 0.343 e. The van der Waals surface area contributed by atoms with E-state index in [0.29, 0.717) is 18.7 Å². The molecule has 0 saturated carbocycles. The van der Waals surface area contributed by atoms with Gasteiger partial charge in [-0.25, -0.2) is 0 Å². The number of hydrogen-bond donors (Lipinski definition) is 2. The number of nitrogens with zero attached hydrogens (tertiary/aromatic N) is 2. The van der Waals surface area contributed by atoms with Gasteiger partial charge in [0, 0.05) is 24.7 Å². The Hall–Kier alpha value is -2.87. The third kappa shape index (κ3) is 5.55. The fourth-order valence-electron chi connectivity index (χ4n) is 2.87. The normalized spacial score (nSPS) is 17.1. The van der Waals surface area contributed by atoms with Gasteiger partial charge >= 0.3 is 0 Å². The molecule has 27 heavy (non-hydrogen) atoms. The van der Waals surface area contributed by atoms with E-state index in [4.69, 9.17) is 5.41 Å². The number of carbonyl (C=O) groups is 4. The Kier molecular flexibility index (Phi) is 7.36. The van der Waals surface area contributed by atoms with Crippen molar-refractivity contribution < 1.29 is 19.2 Å². The molecule has 0 spiro atoms. The summed E-state index contributed by atoms with van der Waals surface area (Å²) in [6.45, 7) is 2.55. The van der Waals surface area contributed by atoms with Gasteiger partial charge in [-0.2, -0.15) is 0 Å². The standard InChI is InChI=1S/C19H24N4O4/c1-2-22(11-10-20)13-17(25)21-15-8-9-18(26)23(19(15)27)12-16(24)14-6-4-3-5-7-14/h3-7,10,15,20H,2,8-9,11-13H2,1H3,(H,21,25). The number of hydrogen-bond acceptors (Lipinski definition) is 6. The van der Waals surface area contributed by atoms with Gasteiger partial charge in [-0.3, -0.25) is 29.0 Å². The van der Waals surface area contributed by atoms with Crippen LogP contribution in [0.4, 0.5) is 0 Å². The highest BCUT2D eigenvalue weighted by Gasteiger charge is 2.36. The van der Waals surface area contributed by atoms with Gasteiger partial charge < -0.3 is 10.7 Å². The van der Waals surface area contributed by atoms with E-state index >= 15 is 0 Å². The molecule has 1 saturated heterocycles. The SMILES string of the molecule is CCN(CC=N)CC(=O)NC1CCC(=O)N(CC(=O)c2ccccc2)C1=O. The van der Waals surface area contributed by atoms with Crippen LogP contribution in [0.2, 0.25) is 0 Å². The quantitative estimate of drug-likeness (QED) is 0.372. The minimum Gasteiger partial charge on any atom is -0.343 e. The zero-order valence-electron chi connectivity index (χ0n) is 15.3. The number of Topliss-reactive ketones (excluding diaryl/α,β-unsaturated/α-hetero) is 1. The number of imide groups is 1. The molecule has 8 nitrogen and oxygen atoms in total. The van der Waals surface area contributed by atoms with Crippen LogP contribution in [0.25, 0.3) is 0 Å². The number of likely N-dealkylation sites (N-methyl/N-ethyl adjacent to an activating group) is 1. The minimum atomic E-state index is -0.822. The van der Waals surface area contributed by atoms with E-state index in [-0.39, 0.29) is 37.6 Å². The Morgan fingerprint density at radius 2 is 2.00 bits per heavy atom. The molecule has 1 fully saturated rings. The smallest absolute Gasteiger partial charge is 0.252 e. The molecule has 1 unspecified atom stereocenters. The summed E-state index contributed by atoms with van der Waals surface area (Å²) in [4.78, 5) is 51.9. The van der Waals surface area contributed by atoms with Gasteiger partial charge in [-0.1, -0.05) is 37.3 Å². The molecular formula is C19H24N4O4. The van der Waals surface area contributed by atoms with Crippen LogP contribution in [0.15, 0.2) is 30.3 Å². The monoisotopic (exact) mass is 372 g/mol. The summed E-state index contributed by atoms with van der Waals surface area (Å²) in [6, 6.07) is 7.63. The van der Waals surface area contributed by atoms with Crippen molar-refractivity contribution in [3.8, 4) is 0 Å². The lowest BCUT2D eigenvalue weighted by Crippen LogP contribution is -2.56. The second kappa shape index (κ2) is 9.72. The summed E-state index contributed by atoms with van der Waals surface area (Å²) in [7, 11) is 0. The zero-order valence-corrected chi connectivity index (χ0v) is 15.3. The van der Waals surface area contributed by atoms with Crippen LogP contribution in [0.5, 0.6) is 0 Å². The fraction of sp³-hybridized carbons (Fsp3) is 0.421. The van der Waals surface area contributed by atoms with Crippen LogP contribution in [0.3, 0.4) is 0 Å². The average Bonchev–Trinajstić information content (AvgIpc) is 2.67. The summed E-state index contributed by atoms with van der Waals surface area (Å²) >= 11 is 0. The number of likely N-dealkylation sites (tertiary alicyclic amines) is 1. The van der Waals surface area contributed by atoms with Crippen LogP contribution in [-0.4, -0.2) is 71.7 Å². The lowest BCUT2D eigenvalue weighted by Gasteiger charge is -2.31. The van der Waals surface area contributed by atoms with Crippen molar-refractivity contribution in [2.24, 2.45) is 0 Å². The number of carbonyl (C=O) groups excluding carboxylic acids is 4. The topological polar surface area (TPSA) is 111 Å². The van der Waals surface area contributed by atoms with Crippen molar-refractivity contribution in [2.75, 3.05) is 26.2 Å². The Labute approximate surface area is 158 Å². The molecule has 0 bridgehead atoms. The first kappa shape index (κ1) is 20.4. The van der Waals surface area contributed by atoms with Crippen molar-refractivity contribution in [1.82, 2.24) is 15.1 Å². The summed E-state index contributed by atoms with van der Waals surface area (Å²) in [5.41, 5.74) is 0.425. The molecule has 0 radical (unpaired) electrons. The van der Waals surface area contributed by atoms with E-state index in [0.717, 1.165) is 4.90 Å². The van der Waals surface area contributed by atoms with E-state index in [2.05, 4.69) is 5.32 Å². The predicted molar refractivity (Wildman–Crippen MR) is 99.6 cm³/mol. The second-order valence-electron chi connectivity index (χ2n) is 6.30. The molecule has 1 aliphatic rings. The predicted octanol–water partition coefficient (Wildman–Crippen LogP) is 0.475. The zero-order chi connectivity index (χ0) is 19.8.